The molecule has 8 nitrogen and oxygen atoms in total. The summed E-state index contributed by atoms with van der Waals surface area (Å²) in [4.78, 5) is 41.4. The Kier molecular flexibility index (Phi) is 5.34. The molecule has 1 unspecified atom stereocenters. The normalized spacial score (nSPS) is 21.8. The number of amides is 3. The summed E-state index contributed by atoms with van der Waals surface area (Å²) in [5.74, 6) is 0.909. The van der Waals surface area contributed by atoms with Crippen LogP contribution in [0.25, 0.3) is 0 Å². The molecule has 3 heterocycles. The van der Waals surface area contributed by atoms with E-state index in [2.05, 4.69) is 5.32 Å². The van der Waals surface area contributed by atoms with Gasteiger partial charge in [-0.05, 0) is 51.8 Å². The highest BCUT2D eigenvalue weighted by atomic mass is 16.7. The molecule has 4 rings (SSSR count). The minimum Gasteiger partial charge on any atom is -0.454 e. The van der Waals surface area contributed by atoms with Gasteiger partial charge in [0.2, 0.25) is 18.6 Å². The first kappa shape index (κ1) is 20.5. The second-order valence-electron chi connectivity index (χ2n) is 9.22. The van der Waals surface area contributed by atoms with Gasteiger partial charge in [-0.1, -0.05) is 0 Å². The molecule has 3 amide bonds. The molecular formula is C22H29N3O5. The Balaban J connectivity index is 1.28. The highest BCUT2D eigenvalue weighted by Gasteiger charge is 2.41. The topological polar surface area (TPSA) is 88.2 Å². The van der Waals surface area contributed by atoms with Gasteiger partial charge in [0.1, 0.15) is 0 Å². The van der Waals surface area contributed by atoms with Gasteiger partial charge in [-0.2, -0.15) is 0 Å². The Labute approximate surface area is 176 Å². The van der Waals surface area contributed by atoms with Gasteiger partial charge in [0, 0.05) is 43.2 Å². The van der Waals surface area contributed by atoms with Crippen LogP contribution in [0.1, 0.15) is 50.4 Å². The van der Waals surface area contributed by atoms with Crippen LogP contribution in [-0.4, -0.2) is 65.5 Å². The van der Waals surface area contributed by atoms with E-state index in [1.54, 1.807) is 23.1 Å². The first-order chi connectivity index (χ1) is 14.2. The number of hydrogen-bond acceptors (Lipinski definition) is 5. The van der Waals surface area contributed by atoms with Crippen LogP contribution in [0.2, 0.25) is 0 Å². The van der Waals surface area contributed by atoms with Crippen molar-refractivity contribution < 1.29 is 23.9 Å². The van der Waals surface area contributed by atoms with Crippen molar-refractivity contribution in [2.45, 2.75) is 51.6 Å². The summed E-state index contributed by atoms with van der Waals surface area (Å²) in [6, 6.07) is 5.17. The molecule has 0 radical (unpaired) electrons. The summed E-state index contributed by atoms with van der Waals surface area (Å²) in [5, 5.41) is 3.05. The van der Waals surface area contributed by atoms with E-state index >= 15 is 0 Å². The third-order valence-electron chi connectivity index (χ3n) is 6.06. The number of nitrogens with zero attached hydrogens (tertiary/aromatic N) is 2. The van der Waals surface area contributed by atoms with E-state index < -0.39 is 0 Å². The molecule has 0 saturated carbocycles. The average Bonchev–Trinajstić information content (AvgIpc) is 3.33. The number of likely N-dealkylation sites (tertiary alicyclic amines) is 2. The van der Waals surface area contributed by atoms with E-state index in [4.69, 9.17) is 9.47 Å². The molecule has 0 spiro atoms. The third kappa shape index (κ3) is 4.08. The number of fused-ring (bicyclic) bond motifs is 1. The first-order valence-electron chi connectivity index (χ1n) is 10.5. The van der Waals surface area contributed by atoms with Crippen molar-refractivity contribution >= 4 is 17.7 Å². The van der Waals surface area contributed by atoms with Crippen molar-refractivity contribution in [3.05, 3.63) is 23.8 Å². The number of rotatable bonds is 3. The molecule has 1 N–H and O–H groups in total. The van der Waals surface area contributed by atoms with Gasteiger partial charge in [0.25, 0.3) is 5.91 Å². The summed E-state index contributed by atoms with van der Waals surface area (Å²) in [5.41, 5.74) is 0.266. The van der Waals surface area contributed by atoms with Crippen LogP contribution in [0.4, 0.5) is 0 Å². The van der Waals surface area contributed by atoms with Gasteiger partial charge in [0.15, 0.2) is 11.5 Å². The lowest BCUT2D eigenvalue weighted by atomic mass is 10.0. The van der Waals surface area contributed by atoms with Gasteiger partial charge >= 0.3 is 0 Å². The molecule has 0 aromatic heterocycles. The fourth-order valence-electron chi connectivity index (χ4n) is 4.33. The number of benzene rings is 1. The zero-order valence-electron chi connectivity index (χ0n) is 17.8. The molecule has 8 heteroatoms. The number of nitrogens with one attached hydrogen (secondary N) is 1. The molecule has 0 bridgehead atoms. The van der Waals surface area contributed by atoms with E-state index in [0.717, 1.165) is 0 Å². The van der Waals surface area contributed by atoms with Crippen LogP contribution in [0.5, 0.6) is 11.5 Å². The lowest BCUT2D eigenvalue weighted by Crippen LogP contribution is -2.48. The molecule has 3 aliphatic heterocycles. The summed E-state index contributed by atoms with van der Waals surface area (Å²) in [7, 11) is 0. The van der Waals surface area contributed by atoms with Gasteiger partial charge in [-0.25, -0.2) is 0 Å². The van der Waals surface area contributed by atoms with Gasteiger partial charge in [-0.3, -0.25) is 14.4 Å². The zero-order valence-corrected chi connectivity index (χ0v) is 17.8. The van der Waals surface area contributed by atoms with Gasteiger partial charge < -0.3 is 24.6 Å². The number of carbonyl (C=O) groups excluding carboxylic acids is 3. The molecule has 2 saturated heterocycles. The summed E-state index contributed by atoms with van der Waals surface area (Å²) in [6.07, 6.45) is 1.69. The molecule has 1 aromatic rings. The predicted octanol–water partition coefficient (Wildman–Crippen LogP) is 1.78. The first-order valence-corrected chi connectivity index (χ1v) is 10.5. The largest absolute Gasteiger partial charge is 0.454 e. The summed E-state index contributed by atoms with van der Waals surface area (Å²) >= 11 is 0. The van der Waals surface area contributed by atoms with Crippen molar-refractivity contribution in [1.29, 1.82) is 0 Å². The van der Waals surface area contributed by atoms with Crippen molar-refractivity contribution in [2.75, 3.05) is 26.4 Å². The van der Waals surface area contributed by atoms with E-state index in [9.17, 15) is 14.4 Å². The maximum atomic E-state index is 12.9. The van der Waals surface area contributed by atoms with E-state index in [1.165, 1.54) is 0 Å². The van der Waals surface area contributed by atoms with Crippen molar-refractivity contribution in [3.8, 4) is 11.5 Å². The third-order valence-corrected chi connectivity index (χ3v) is 6.06. The second kappa shape index (κ2) is 7.81. The van der Waals surface area contributed by atoms with Crippen LogP contribution < -0.4 is 14.8 Å². The van der Waals surface area contributed by atoms with Crippen molar-refractivity contribution in [1.82, 2.24) is 15.1 Å². The Bertz CT molecular complexity index is 855. The maximum absolute atomic E-state index is 12.9. The maximum Gasteiger partial charge on any atom is 0.251 e. The average molecular weight is 415 g/mol. The lowest BCUT2D eigenvalue weighted by Gasteiger charge is -2.35. The molecule has 30 heavy (non-hydrogen) atoms. The minimum atomic E-state index is -0.267. The van der Waals surface area contributed by atoms with Crippen LogP contribution in [0.15, 0.2) is 18.2 Å². The highest BCUT2D eigenvalue weighted by Crippen LogP contribution is 2.32. The van der Waals surface area contributed by atoms with Crippen LogP contribution >= 0.6 is 0 Å². The quantitative estimate of drug-likeness (QED) is 0.813. The van der Waals surface area contributed by atoms with Crippen LogP contribution in [0.3, 0.4) is 0 Å². The SMILES string of the molecule is CC(C)(C)N1CC(C(=O)N2CCC(NC(=O)c3ccc4c(c3)OCO4)CC2)CC1=O. The Morgan fingerprint density at radius 1 is 1.10 bits per heavy atom. The molecular weight excluding hydrogens is 386 g/mol. The summed E-state index contributed by atoms with van der Waals surface area (Å²) in [6.45, 7) is 7.81. The standard InChI is InChI=1S/C22H29N3O5/c1-22(2,3)25-12-15(11-19(25)26)21(28)24-8-6-16(7-9-24)23-20(27)14-4-5-17-18(10-14)30-13-29-17/h4-5,10,15-16H,6-9,11-13H2,1-3H3,(H,23,27). The fourth-order valence-corrected chi connectivity index (χ4v) is 4.33. The number of ether oxygens (including phenoxy) is 2. The minimum absolute atomic E-state index is 0.0169. The molecule has 2 fully saturated rings. The summed E-state index contributed by atoms with van der Waals surface area (Å²) < 4.78 is 10.6. The Morgan fingerprint density at radius 2 is 1.80 bits per heavy atom. The molecule has 3 aliphatic rings. The molecule has 1 aromatic carbocycles. The fraction of sp³-hybridized carbons (Fsp3) is 0.591. The number of hydrogen-bond donors (Lipinski definition) is 1. The number of piperidine rings is 1. The van der Waals surface area contributed by atoms with E-state index in [-0.39, 0.29) is 48.4 Å². The predicted molar refractivity (Wildman–Crippen MR) is 109 cm³/mol. The van der Waals surface area contributed by atoms with Gasteiger partial charge in [-0.15, -0.1) is 0 Å². The van der Waals surface area contributed by atoms with Crippen LogP contribution in [-0.2, 0) is 9.59 Å². The Morgan fingerprint density at radius 3 is 2.47 bits per heavy atom. The lowest BCUT2D eigenvalue weighted by molar-refractivity contribution is -0.136. The Hall–Kier alpha value is -2.77. The monoisotopic (exact) mass is 415 g/mol. The highest BCUT2D eigenvalue weighted by molar-refractivity contribution is 5.95. The molecule has 0 aliphatic carbocycles. The molecule has 162 valence electrons. The smallest absolute Gasteiger partial charge is 0.251 e. The second-order valence-corrected chi connectivity index (χ2v) is 9.22. The number of carbonyl (C=O) groups is 3. The zero-order chi connectivity index (χ0) is 21.5. The van der Waals surface area contributed by atoms with Crippen molar-refractivity contribution in [2.24, 2.45) is 5.92 Å². The van der Waals surface area contributed by atoms with Gasteiger partial charge in [0.05, 0.1) is 5.92 Å². The van der Waals surface area contributed by atoms with E-state index in [0.29, 0.717) is 49.5 Å². The molecule has 1 atom stereocenters. The van der Waals surface area contributed by atoms with Crippen molar-refractivity contribution in [3.63, 3.8) is 0 Å². The van der Waals surface area contributed by atoms with E-state index in [1.807, 2.05) is 25.7 Å². The van der Waals surface area contributed by atoms with Crippen LogP contribution in [0, 0.1) is 5.92 Å².